The molecule has 1 aliphatic rings. The third-order valence-electron chi connectivity index (χ3n) is 5.74. The molecule has 0 aliphatic carbocycles. The van der Waals surface area contributed by atoms with Crippen LogP contribution in [0.15, 0.2) is 77.0 Å². The number of imide groups is 1. The van der Waals surface area contributed by atoms with E-state index >= 15 is 0 Å². The van der Waals surface area contributed by atoms with Crippen LogP contribution in [0, 0.1) is 6.92 Å². The smallest absolute Gasteiger partial charge is 0.371 e. The summed E-state index contributed by atoms with van der Waals surface area (Å²) in [7, 11) is 0. The molecular formula is C26H21N3O5. The molecule has 1 saturated heterocycles. The van der Waals surface area contributed by atoms with Gasteiger partial charge in [-0.2, -0.15) is 0 Å². The number of para-hydroxylation sites is 1. The van der Waals surface area contributed by atoms with Crippen LogP contribution in [0.1, 0.15) is 33.0 Å². The Morgan fingerprint density at radius 1 is 1.03 bits per heavy atom. The van der Waals surface area contributed by atoms with Crippen molar-refractivity contribution in [2.24, 2.45) is 0 Å². The van der Waals surface area contributed by atoms with Crippen LogP contribution in [0.2, 0.25) is 0 Å². The minimum atomic E-state index is -1.13. The molecule has 8 nitrogen and oxygen atoms in total. The minimum absolute atomic E-state index is 0.123. The van der Waals surface area contributed by atoms with E-state index in [1.54, 1.807) is 12.1 Å². The van der Waals surface area contributed by atoms with Crippen LogP contribution in [0.4, 0.5) is 4.79 Å². The Balaban J connectivity index is 1.44. The SMILES string of the molecule is Cc1ccc(CN2C(=O)NC(=Cc3cn(Cc4ccc(C(=O)O)o4)c4ccccc34)C2=O)cc1. The number of benzene rings is 2. The van der Waals surface area contributed by atoms with Gasteiger partial charge < -0.3 is 19.4 Å². The largest absolute Gasteiger partial charge is 0.475 e. The lowest BCUT2D eigenvalue weighted by molar-refractivity contribution is -0.123. The van der Waals surface area contributed by atoms with Crippen molar-refractivity contribution in [3.63, 3.8) is 0 Å². The van der Waals surface area contributed by atoms with Crippen molar-refractivity contribution >= 4 is 34.9 Å². The van der Waals surface area contributed by atoms with Crippen molar-refractivity contribution in [1.29, 1.82) is 0 Å². The number of aromatic carboxylic acids is 1. The molecule has 2 N–H and O–H groups in total. The molecule has 2 aromatic carbocycles. The van der Waals surface area contributed by atoms with Crippen molar-refractivity contribution < 1.29 is 23.9 Å². The number of carboxylic acid groups (broad SMARTS) is 1. The molecule has 0 saturated carbocycles. The Morgan fingerprint density at radius 2 is 1.79 bits per heavy atom. The average Bonchev–Trinajstić information content (AvgIpc) is 3.50. The van der Waals surface area contributed by atoms with E-state index in [9.17, 15) is 14.4 Å². The predicted molar refractivity (Wildman–Crippen MR) is 125 cm³/mol. The predicted octanol–water partition coefficient (Wildman–Crippen LogP) is 4.38. The van der Waals surface area contributed by atoms with Crippen molar-refractivity contribution in [3.8, 4) is 0 Å². The fraction of sp³-hybridized carbons (Fsp3) is 0.115. The number of carbonyl (C=O) groups excluding carboxylic acids is 2. The molecule has 2 aromatic heterocycles. The molecule has 0 unspecified atom stereocenters. The number of hydrogen-bond acceptors (Lipinski definition) is 4. The second-order valence-electron chi connectivity index (χ2n) is 8.17. The molecule has 170 valence electrons. The van der Waals surface area contributed by atoms with E-state index in [0.29, 0.717) is 12.3 Å². The summed E-state index contributed by atoms with van der Waals surface area (Å²) in [6.07, 6.45) is 3.52. The van der Waals surface area contributed by atoms with Crippen LogP contribution in [-0.2, 0) is 17.9 Å². The zero-order valence-electron chi connectivity index (χ0n) is 18.3. The zero-order chi connectivity index (χ0) is 23.8. The highest BCUT2D eigenvalue weighted by Gasteiger charge is 2.33. The van der Waals surface area contributed by atoms with Crippen molar-refractivity contribution in [2.75, 3.05) is 0 Å². The van der Waals surface area contributed by atoms with Gasteiger partial charge in [-0.05, 0) is 36.8 Å². The number of nitrogens with one attached hydrogen (secondary N) is 1. The Labute approximate surface area is 194 Å². The van der Waals surface area contributed by atoms with Crippen molar-refractivity contribution in [2.45, 2.75) is 20.0 Å². The van der Waals surface area contributed by atoms with E-state index in [2.05, 4.69) is 5.32 Å². The molecule has 1 fully saturated rings. The summed E-state index contributed by atoms with van der Waals surface area (Å²) in [6, 6.07) is 17.9. The third-order valence-corrected chi connectivity index (χ3v) is 5.74. The number of fused-ring (bicyclic) bond motifs is 1. The maximum atomic E-state index is 13.0. The first kappa shape index (κ1) is 21.3. The number of hydrogen-bond donors (Lipinski definition) is 2. The van der Waals surface area contributed by atoms with Gasteiger partial charge in [-0.15, -0.1) is 0 Å². The van der Waals surface area contributed by atoms with Crippen molar-refractivity contribution in [3.05, 3.63) is 101 Å². The molecule has 4 aromatic rings. The first-order valence-corrected chi connectivity index (χ1v) is 10.7. The zero-order valence-corrected chi connectivity index (χ0v) is 18.3. The molecule has 3 amide bonds. The van der Waals surface area contributed by atoms with Gasteiger partial charge in [0, 0.05) is 22.7 Å². The summed E-state index contributed by atoms with van der Waals surface area (Å²) in [4.78, 5) is 37.8. The van der Waals surface area contributed by atoms with Crippen LogP contribution >= 0.6 is 0 Å². The quantitative estimate of drug-likeness (QED) is 0.332. The van der Waals surface area contributed by atoms with Gasteiger partial charge in [-0.1, -0.05) is 48.0 Å². The summed E-state index contributed by atoms with van der Waals surface area (Å²) >= 11 is 0. The van der Waals surface area contributed by atoms with E-state index in [1.165, 1.54) is 11.0 Å². The highest BCUT2D eigenvalue weighted by Crippen LogP contribution is 2.26. The van der Waals surface area contributed by atoms with Gasteiger partial charge >= 0.3 is 12.0 Å². The van der Waals surface area contributed by atoms with E-state index in [-0.39, 0.29) is 23.9 Å². The number of nitrogens with zero attached hydrogens (tertiary/aromatic N) is 2. The molecule has 0 spiro atoms. The van der Waals surface area contributed by atoms with Gasteiger partial charge in [0.1, 0.15) is 11.5 Å². The van der Waals surface area contributed by atoms with E-state index in [1.807, 2.05) is 66.2 Å². The maximum Gasteiger partial charge on any atom is 0.371 e. The molecule has 34 heavy (non-hydrogen) atoms. The molecule has 5 rings (SSSR count). The second kappa shape index (κ2) is 8.40. The normalized spacial score (nSPS) is 14.9. The standard InChI is InChI=1S/C26H21N3O5/c1-16-6-8-17(9-7-16)13-29-24(30)21(27-26(29)33)12-18-14-28(22-5-3-2-4-20(18)22)15-19-10-11-23(34-19)25(31)32/h2-12,14H,13,15H2,1H3,(H,27,33)(H,31,32). The number of urea groups is 1. The fourth-order valence-corrected chi connectivity index (χ4v) is 4.01. The number of amides is 3. The Bertz CT molecular complexity index is 1460. The minimum Gasteiger partial charge on any atom is -0.475 e. The monoisotopic (exact) mass is 455 g/mol. The lowest BCUT2D eigenvalue weighted by Gasteiger charge is -2.11. The van der Waals surface area contributed by atoms with E-state index in [4.69, 9.17) is 9.52 Å². The number of aromatic nitrogens is 1. The average molecular weight is 455 g/mol. The van der Waals surface area contributed by atoms with Gasteiger partial charge in [0.15, 0.2) is 0 Å². The Morgan fingerprint density at radius 3 is 2.53 bits per heavy atom. The van der Waals surface area contributed by atoms with Crippen LogP contribution in [0.3, 0.4) is 0 Å². The molecule has 0 radical (unpaired) electrons. The number of furan rings is 1. The summed E-state index contributed by atoms with van der Waals surface area (Å²) < 4.78 is 7.31. The second-order valence-corrected chi connectivity index (χ2v) is 8.17. The topological polar surface area (TPSA) is 105 Å². The molecule has 3 heterocycles. The van der Waals surface area contributed by atoms with Gasteiger partial charge in [-0.3, -0.25) is 9.69 Å². The number of rotatable bonds is 6. The summed E-state index contributed by atoms with van der Waals surface area (Å²) in [6.45, 7) is 2.48. The molecular weight excluding hydrogens is 434 g/mol. The summed E-state index contributed by atoms with van der Waals surface area (Å²) in [5.41, 5.74) is 3.81. The van der Waals surface area contributed by atoms with Gasteiger partial charge in [0.25, 0.3) is 5.91 Å². The fourth-order valence-electron chi connectivity index (χ4n) is 4.01. The van der Waals surface area contributed by atoms with Crippen LogP contribution in [0.5, 0.6) is 0 Å². The van der Waals surface area contributed by atoms with Gasteiger partial charge in [0.2, 0.25) is 5.76 Å². The molecule has 0 atom stereocenters. The summed E-state index contributed by atoms with van der Waals surface area (Å²) in [5.74, 6) is -1.15. The van der Waals surface area contributed by atoms with Crippen LogP contribution < -0.4 is 5.32 Å². The first-order chi connectivity index (χ1) is 16.4. The molecule has 1 aliphatic heterocycles. The lowest BCUT2D eigenvalue weighted by Crippen LogP contribution is -2.30. The lowest BCUT2D eigenvalue weighted by atomic mass is 10.1. The number of carbonyl (C=O) groups is 3. The van der Waals surface area contributed by atoms with Crippen molar-refractivity contribution in [1.82, 2.24) is 14.8 Å². The molecule has 0 bridgehead atoms. The van der Waals surface area contributed by atoms with Crippen LogP contribution in [0.25, 0.3) is 17.0 Å². The third kappa shape index (κ3) is 3.97. The number of carboxylic acids is 1. The maximum absolute atomic E-state index is 13.0. The van der Waals surface area contributed by atoms with Gasteiger partial charge in [0.05, 0.1) is 13.1 Å². The summed E-state index contributed by atoms with van der Waals surface area (Å²) in [5, 5.41) is 12.7. The highest BCUT2D eigenvalue weighted by atomic mass is 16.4. The van der Waals surface area contributed by atoms with E-state index in [0.717, 1.165) is 27.6 Å². The Hall–Kier alpha value is -4.59. The van der Waals surface area contributed by atoms with Crippen LogP contribution in [-0.4, -0.2) is 32.5 Å². The number of aryl methyl sites for hydroxylation is 1. The van der Waals surface area contributed by atoms with Gasteiger partial charge in [-0.25, -0.2) is 9.59 Å². The first-order valence-electron chi connectivity index (χ1n) is 10.7. The Kier molecular flexibility index (Phi) is 5.25. The molecule has 8 heteroatoms. The van der Waals surface area contributed by atoms with E-state index < -0.39 is 12.0 Å². The highest BCUT2D eigenvalue weighted by molar-refractivity contribution is 6.14.